The molecule has 0 saturated carbocycles. The number of benzene rings is 1. The summed E-state index contributed by atoms with van der Waals surface area (Å²) in [6, 6.07) is 3.71. The molecular weight excluding hydrogens is 504 g/mol. The van der Waals surface area contributed by atoms with Crippen LogP contribution in [0.15, 0.2) is 41.7 Å². The summed E-state index contributed by atoms with van der Waals surface area (Å²) in [7, 11) is -4.46. The number of rotatable bonds is 5. The van der Waals surface area contributed by atoms with Crippen molar-refractivity contribution in [3.05, 3.63) is 52.4 Å². The molecule has 4 rings (SSSR count). The van der Waals surface area contributed by atoms with Crippen molar-refractivity contribution in [1.29, 1.82) is 0 Å². The van der Waals surface area contributed by atoms with Crippen LogP contribution in [0.1, 0.15) is 24.4 Å². The van der Waals surface area contributed by atoms with Gasteiger partial charge in [-0.05, 0) is 50.2 Å². The van der Waals surface area contributed by atoms with Gasteiger partial charge in [0.2, 0.25) is 0 Å². The SMILES string of the molecule is O=S(=O)(Nc1cc(Cl)cnc1-c1nncn1C1CCNCC1)c1ccc(Cl)c(C(F)(F)F)c1. The maximum atomic E-state index is 13.2. The van der Waals surface area contributed by atoms with E-state index in [4.69, 9.17) is 23.2 Å². The van der Waals surface area contributed by atoms with Gasteiger partial charge in [0.15, 0.2) is 5.82 Å². The summed E-state index contributed by atoms with van der Waals surface area (Å²) < 4.78 is 69.7. The van der Waals surface area contributed by atoms with Crippen LogP contribution >= 0.6 is 23.2 Å². The molecular formula is C19H17Cl2F3N6O2S. The normalized spacial score (nSPS) is 15.5. The maximum Gasteiger partial charge on any atom is 0.417 e. The summed E-state index contributed by atoms with van der Waals surface area (Å²) in [5.74, 6) is 0.309. The predicted octanol–water partition coefficient (Wildman–Crippen LogP) is 4.39. The van der Waals surface area contributed by atoms with Crippen molar-refractivity contribution in [2.45, 2.75) is 30.0 Å². The molecule has 1 saturated heterocycles. The first-order valence-electron chi connectivity index (χ1n) is 9.72. The summed E-state index contributed by atoms with van der Waals surface area (Å²) >= 11 is 11.6. The summed E-state index contributed by atoms with van der Waals surface area (Å²) in [5, 5.41) is 10.8. The van der Waals surface area contributed by atoms with Gasteiger partial charge in [0.1, 0.15) is 12.0 Å². The van der Waals surface area contributed by atoms with E-state index in [0.717, 1.165) is 38.1 Å². The van der Waals surface area contributed by atoms with E-state index in [9.17, 15) is 21.6 Å². The van der Waals surface area contributed by atoms with Gasteiger partial charge in [-0.25, -0.2) is 13.4 Å². The molecule has 3 aromatic rings. The van der Waals surface area contributed by atoms with Crippen LogP contribution in [0.5, 0.6) is 0 Å². The minimum absolute atomic E-state index is 0.0470. The Balaban J connectivity index is 1.74. The Kier molecular flexibility index (Phi) is 6.54. The third-order valence-electron chi connectivity index (χ3n) is 5.14. The number of halogens is 5. The van der Waals surface area contributed by atoms with Gasteiger partial charge in [-0.3, -0.25) is 4.72 Å². The van der Waals surface area contributed by atoms with Crippen LogP contribution in [0.3, 0.4) is 0 Å². The van der Waals surface area contributed by atoms with Crippen LogP contribution in [0.25, 0.3) is 11.5 Å². The lowest BCUT2D eigenvalue weighted by Crippen LogP contribution is -2.29. The van der Waals surface area contributed by atoms with Gasteiger partial charge in [-0.15, -0.1) is 10.2 Å². The molecule has 0 atom stereocenters. The van der Waals surface area contributed by atoms with Crippen LogP contribution in [0.4, 0.5) is 18.9 Å². The topological polar surface area (TPSA) is 102 Å². The highest BCUT2D eigenvalue weighted by molar-refractivity contribution is 7.92. The number of hydrogen-bond donors (Lipinski definition) is 2. The fraction of sp³-hybridized carbons (Fsp3) is 0.316. The lowest BCUT2D eigenvalue weighted by atomic mass is 10.1. The molecule has 0 radical (unpaired) electrons. The fourth-order valence-electron chi connectivity index (χ4n) is 3.55. The second-order valence-electron chi connectivity index (χ2n) is 7.34. The van der Waals surface area contributed by atoms with Crippen molar-refractivity contribution in [2.24, 2.45) is 0 Å². The molecule has 1 aliphatic rings. The van der Waals surface area contributed by atoms with E-state index in [-0.39, 0.29) is 22.4 Å². The summed E-state index contributed by atoms with van der Waals surface area (Å²) in [4.78, 5) is 3.61. The zero-order valence-corrected chi connectivity index (χ0v) is 19.1. The largest absolute Gasteiger partial charge is 0.417 e. The average molecular weight is 521 g/mol. The number of anilines is 1. The first-order chi connectivity index (χ1) is 15.6. The van der Waals surface area contributed by atoms with Crippen LogP contribution in [-0.4, -0.2) is 41.3 Å². The van der Waals surface area contributed by atoms with E-state index in [2.05, 4.69) is 25.2 Å². The summed E-state index contributed by atoms with van der Waals surface area (Å²) in [6.07, 6.45) is -0.346. The number of nitrogens with zero attached hydrogens (tertiary/aromatic N) is 4. The lowest BCUT2D eigenvalue weighted by Gasteiger charge is -2.25. The number of pyridine rings is 1. The molecule has 33 heavy (non-hydrogen) atoms. The zero-order valence-electron chi connectivity index (χ0n) is 16.8. The molecule has 176 valence electrons. The van der Waals surface area contributed by atoms with E-state index in [0.29, 0.717) is 11.9 Å². The van der Waals surface area contributed by atoms with Crippen molar-refractivity contribution in [1.82, 2.24) is 25.1 Å². The number of aromatic nitrogens is 4. The minimum atomic E-state index is -4.82. The van der Waals surface area contributed by atoms with E-state index in [1.165, 1.54) is 18.6 Å². The Bertz CT molecular complexity index is 1280. The highest BCUT2D eigenvalue weighted by Crippen LogP contribution is 2.37. The third-order valence-corrected chi connectivity index (χ3v) is 7.04. The standard InChI is InChI=1S/C19H17Cl2F3N6O2S/c20-11-7-16(29-33(31,32)13-1-2-15(21)14(8-13)19(22,23)24)17(26-9-11)18-28-27-10-30(18)12-3-5-25-6-4-12/h1-2,7-10,12,25,29H,3-6H2. The molecule has 0 spiro atoms. The molecule has 0 unspecified atom stereocenters. The number of hydrogen-bond acceptors (Lipinski definition) is 6. The van der Waals surface area contributed by atoms with Crippen LogP contribution in [-0.2, 0) is 16.2 Å². The first kappa shape index (κ1) is 23.7. The highest BCUT2D eigenvalue weighted by Gasteiger charge is 2.35. The van der Waals surface area contributed by atoms with E-state index in [1.54, 1.807) is 4.57 Å². The molecule has 3 heterocycles. The molecule has 0 bridgehead atoms. The summed E-state index contributed by atoms with van der Waals surface area (Å²) in [6.45, 7) is 1.60. The van der Waals surface area contributed by atoms with E-state index in [1.807, 2.05) is 0 Å². The van der Waals surface area contributed by atoms with E-state index >= 15 is 0 Å². The molecule has 2 N–H and O–H groups in total. The van der Waals surface area contributed by atoms with Gasteiger partial charge < -0.3 is 9.88 Å². The second-order valence-corrected chi connectivity index (χ2v) is 9.86. The highest BCUT2D eigenvalue weighted by atomic mass is 35.5. The molecule has 14 heteroatoms. The molecule has 1 fully saturated rings. The number of sulfonamides is 1. The Labute approximate surface area is 197 Å². The van der Waals surface area contributed by atoms with E-state index < -0.39 is 31.7 Å². The van der Waals surface area contributed by atoms with Crippen molar-refractivity contribution in [3.8, 4) is 11.5 Å². The number of alkyl halides is 3. The Morgan fingerprint density at radius 1 is 1.15 bits per heavy atom. The van der Waals surface area contributed by atoms with Crippen LogP contribution < -0.4 is 10.0 Å². The quantitative estimate of drug-likeness (QED) is 0.517. The zero-order chi connectivity index (χ0) is 23.8. The van der Waals surface area contributed by atoms with Gasteiger partial charge in [0.05, 0.1) is 26.2 Å². The molecule has 0 amide bonds. The second kappa shape index (κ2) is 9.09. The summed E-state index contributed by atoms with van der Waals surface area (Å²) in [5.41, 5.74) is -1.17. The molecule has 1 aliphatic heterocycles. The number of piperidine rings is 1. The van der Waals surface area contributed by atoms with Crippen molar-refractivity contribution >= 4 is 38.9 Å². The molecule has 1 aromatic carbocycles. The van der Waals surface area contributed by atoms with Crippen LogP contribution in [0.2, 0.25) is 10.0 Å². The lowest BCUT2D eigenvalue weighted by molar-refractivity contribution is -0.137. The third kappa shape index (κ3) is 5.08. The molecule has 2 aromatic heterocycles. The van der Waals surface area contributed by atoms with Gasteiger partial charge in [-0.1, -0.05) is 23.2 Å². The fourth-order valence-corrected chi connectivity index (χ4v) is 5.02. The van der Waals surface area contributed by atoms with Crippen molar-refractivity contribution in [2.75, 3.05) is 17.8 Å². The van der Waals surface area contributed by atoms with Gasteiger partial charge >= 0.3 is 6.18 Å². The van der Waals surface area contributed by atoms with Crippen LogP contribution in [0, 0.1) is 0 Å². The van der Waals surface area contributed by atoms with Gasteiger partial charge in [-0.2, -0.15) is 13.2 Å². The Morgan fingerprint density at radius 3 is 2.58 bits per heavy atom. The first-order valence-corrected chi connectivity index (χ1v) is 12.0. The monoisotopic (exact) mass is 520 g/mol. The molecule has 0 aliphatic carbocycles. The molecule has 8 nitrogen and oxygen atoms in total. The Hall–Kier alpha value is -2.41. The maximum absolute atomic E-state index is 13.2. The minimum Gasteiger partial charge on any atom is -0.317 e. The smallest absolute Gasteiger partial charge is 0.317 e. The van der Waals surface area contributed by atoms with Gasteiger partial charge in [0, 0.05) is 12.2 Å². The predicted molar refractivity (Wildman–Crippen MR) is 117 cm³/mol. The number of nitrogens with one attached hydrogen (secondary N) is 2. The Morgan fingerprint density at radius 2 is 1.88 bits per heavy atom. The van der Waals surface area contributed by atoms with Crippen molar-refractivity contribution < 1.29 is 21.6 Å². The van der Waals surface area contributed by atoms with Gasteiger partial charge in [0.25, 0.3) is 10.0 Å². The average Bonchev–Trinajstić information content (AvgIpc) is 3.23. The van der Waals surface area contributed by atoms with Crippen molar-refractivity contribution in [3.63, 3.8) is 0 Å².